The molecule has 0 spiro atoms. The average Bonchev–Trinajstić information content (AvgIpc) is 2.91. The Morgan fingerprint density at radius 1 is 1.33 bits per heavy atom. The topological polar surface area (TPSA) is 48.7 Å². The number of benzene rings is 1. The Morgan fingerprint density at radius 2 is 2.22 bits per heavy atom. The van der Waals surface area contributed by atoms with E-state index in [-0.39, 0.29) is 11.5 Å². The van der Waals surface area contributed by atoms with E-state index in [4.69, 9.17) is 13.9 Å². The van der Waals surface area contributed by atoms with E-state index in [0.717, 1.165) is 19.4 Å². The zero-order valence-electron chi connectivity index (χ0n) is 10.1. The third-order valence-electron chi connectivity index (χ3n) is 3.20. The lowest BCUT2D eigenvalue weighted by molar-refractivity contribution is 0.0939. The first kappa shape index (κ1) is 11.3. The number of hydrogen-bond acceptors (Lipinski definition) is 4. The van der Waals surface area contributed by atoms with E-state index in [1.54, 1.807) is 25.3 Å². The van der Waals surface area contributed by atoms with Gasteiger partial charge in [-0.15, -0.1) is 0 Å². The molecule has 1 aromatic heterocycles. The number of rotatable bonds is 2. The van der Waals surface area contributed by atoms with Gasteiger partial charge in [-0.1, -0.05) is 0 Å². The number of methoxy groups -OCH3 is 1. The summed E-state index contributed by atoms with van der Waals surface area (Å²) < 4.78 is 16.4. The molecule has 1 atom stereocenters. The molecule has 1 aliphatic heterocycles. The Balaban J connectivity index is 2.14. The van der Waals surface area contributed by atoms with Crippen LogP contribution < -0.4 is 10.2 Å². The molecule has 1 fully saturated rings. The third-order valence-corrected chi connectivity index (χ3v) is 3.20. The van der Waals surface area contributed by atoms with Crippen LogP contribution in [0.15, 0.2) is 33.5 Å². The minimum atomic E-state index is -0.0895. The summed E-state index contributed by atoms with van der Waals surface area (Å²) in [5, 5.41) is 0.567. The van der Waals surface area contributed by atoms with Gasteiger partial charge in [0.05, 0.1) is 12.5 Å². The molecular weight excluding hydrogens is 232 g/mol. The standard InChI is InChI=1S/C14H14O4/c1-16-9-4-5-10-11(15)8-14(18-13(10)7-9)12-3-2-6-17-12/h4-5,7-8,12H,2-3,6H2,1H3/t12-/m0/s1. The average molecular weight is 246 g/mol. The molecular formula is C14H14O4. The summed E-state index contributed by atoms with van der Waals surface area (Å²) in [6.45, 7) is 0.727. The van der Waals surface area contributed by atoms with Gasteiger partial charge >= 0.3 is 0 Å². The van der Waals surface area contributed by atoms with Crippen molar-refractivity contribution in [1.29, 1.82) is 0 Å². The van der Waals surface area contributed by atoms with E-state index in [9.17, 15) is 4.79 Å². The lowest BCUT2D eigenvalue weighted by atomic mass is 10.1. The van der Waals surface area contributed by atoms with Crippen LogP contribution in [0.5, 0.6) is 5.75 Å². The summed E-state index contributed by atoms with van der Waals surface area (Å²) in [5.41, 5.74) is 0.511. The molecule has 1 aromatic carbocycles. The molecule has 4 nitrogen and oxygen atoms in total. The summed E-state index contributed by atoms with van der Waals surface area (Å²) in [6.07, 6.45) is 1.82. The highest BCUT2D eigenvalue weighted by Crippen LogP contribution is 2.30. The van der Waals surface area contributed by atoms with Crippen molar-refractivity contribution in [1.82, 2.24) is 0 Å². The Bertz CT molecular complexity index is 623. The van der Waals surface area contributed by atoms with Crippen molar-refractivity contribution in [2.24, 2.45) is 0 Å². The van der Waals surface area contributed by atoms with Crippen LogP contribution in [0, 0.1) is 0 Å². The smallest absolute Gasteiger partial charge is 0.193 e. The molecule has 2 heterocycles. The summed E-state index contributed by atoms with van der Waals surface area (Å²) in [4.78, 5) is 12.0. The molecule has 1 aliphatic rings. The third kappa shape index (κ3) is 1.88. The van der Waals surface area contributed by atoms with Gasteiger partial charge < -0.3 is 13.9 Å². The second-order valence-corrected chi connectivity index (χ2v) is 4.38. The highest BCUT2D eigenvalue weighted by Gasteiger charge is 2.21. The van der Waals surface area contributed by atoms with E-state index in [2.05, 4.69) is 0 Å². The van der Waals surface area contributed by atoms with Crippen molar-refractivity contribution in [3.8, 4) is 5.75 Å². The van der Waals surface area contributed by atoms with Crippen LogP contribution in [-0.2, 0) is 4.74 Å². The van der Waals surface area contributed by atoms with Gasteiger partial charge in [-0.3, -0.25) is 4.79 Å². The van der Waals surface area contributed by atoms with Crippen LogP contribution in [0.25, 0.3) is 11.0 Å². The normalized spacial score (nSPS) is 19.3. The first-order valence-electron chi connectivity index (χ1n) is 6.01. The minimum absolute atomic E-state index is 0.0376. The number of ether oxygens (including phenoxy) is 2. The molecule has 18 heavy (non-hydrogen) atoms. The molecule has 2 aromatic rings. The molecule has 3 rings (SSSR count). The van der Waals surface area contributed by atoms with Gasteiger partial charge in [-0.2, -0.15) is 0 Å². The monoisotopic (exact) mass is 246 g/mol. The van der Waals surface area contributed by atoms with Crippen LogP contribution in [0.4, 0.5) is 0 Å². The van der Waals surface area contributed by atoms with Gasteiger partial charge in [0, 0.05) is 18.7 Å². The Hall–Kier alpha value is -1.81. The van der Waals surface area contributed by atoms with Crippen molar-refractivity contribution in [3.63, 3.8) is 0 Å². The lowest BCUT2D eigenvalue weighted by Gasteiger charge is -2.09. The van der Waals surface area contributed by atoms with Gasteiger partial charge in [-0.05, 0) is 25.0 Å². The molecule has 0 radical (unpaired) electrons. The maximum Gasteiger partial charge on any atom is 0.193 e. The second kappa shape index (κ2) is 4.46. The maximum atomic E-state index is 12.0. The summed E-state index contributed by atoms with van der Waals surface area (Å²) in [5.74, 6) is 1.29. The predicted molar refractivity (Wildman–Crippen MR) is 67.0 cm³/mol. The molecule has 0 amide bonds. The van der Waals surface area contributed by atoms with Crippen molar-refractivity contribution >= 4 is 11.0 Å². The van der Waals surface area contributed by atoms with Crippen LogP contribution in [-0.4, -0.2) is 13.7 Å². The second-order valence-electron chi connectivity index (χ2n) is 4.38. The molecule has 0 bridgehead atoms. The largest absolute Gasteiger partial charge is 0.497 e. The van der Waals surface area contributed by atoms with Crippen molar-refractivity contribution in [3.05, 3.63) is 40.2 Å². The lowest BCUT2D eigenvalue weighted by Crippen LogP contribution is -2.05. The fourth-order valence-corrected chi connectivity index (χ4v) is 2.24. The van der Waals surface area contributed by atoms with Crippen molar-refractivity contribution < 1.29 is 13.9 Å². The van der Waals surface area contributed by atoms with E-state index in [1.807, 2.05) is 0 Å². The SMILES string of the molecule is COc1ccc2c(=O)cc([C@@H]3CCCO3)oc2c1. The van der Waals surface area contributed by atoms with E-state index >= 15 is 0 Å². The number of hydrogen-bond donors (Lipinski definition) is 0. The molecule has 1 saturated heterocycles. The van der Waals surface area contributed by atoms with Gasteiger partial charge in [0.15, 0.2) is 5.43 Å². The molecule has 0 saturated carbocycles. The van der Waals surface area contributed by atoms with Crippen LogP contribution >= 0.6 is 0 Å². The predicted octanol–water partition coefficient (Wildman–Crippen LogP) is 2.65. The van der Waals surface area contributed by atoms with Crippen molar-refractivity contribution in [2.75, 3.05) is 13.7 Å². The molecule has 0 N–H and O–H groups in total. The summed E-state index contributed by atoms with van der Waals surface area (Å²) in [6, 6.07) is 6.74. The Labute approximate surface area is 104 Å². The summed E-state index contributed by atoms with van der Waals surface area (Å²) in [7, 11) is 1.59. The van der Waals surface area contributed by atoms with Crippen LogP contribution in [0.2, 0.25) is 0 Å². The fraction of sp³-hybridized carbons (Fsp3) is 0.357. The first-order valence-corrected chi connectivity index (χ1v) is 6.01. The first-order chi connectivity index (χ1) is 8.78. The van der Waals surface area contributed by atoms with Crippen molar-refractivity contribution in [2.45, 2.75) is 18.9 Å². The van der Waals surface area contributed by atoms with E-state index < -0.39 is 0 Å². The molecule has 4 heteroatoms. The zero-order chi connectivity index (χ0) is 12.5. The van der Waals surface area contributed by atoms with Gasteiger partial charge in [0.25, 0.3) is 0 Å². The minimum Gasteiger partial charge on any atom is -0.497 e. The van der Waals surface area contributed by atoms with Gasteiger partial charge in [0.2, 0.25) is 0 Å². The maximum absolute atomic E-state index is 12.0. The van der Waals surface area contributed by atoms with E-state index in [1.165, 1.54) is 6.07 Å². The molecule has 0 unspecified atom stereocenters. The van der Waals surface area contributed by atoms with Crippen LogP contribution in [0.3, 0.4) is 0 Å². The Kier molecular flexibility index (Phi) is 2.80. The van der Waals surface area contributed by atoms with E-state index in [0.29, 0.717) is 22.5 Å². The molecule has 94 valence electrons. The van der Waals surface area contributed by atoms with Crippen LogP contribution in [0.1, 0.15) is 24.7 Å². The Morgan fingerprint density at radius 3 is 2.94 bits per heavy atom. The zero-order valence-corrected chi connectivity index (χ0v) is 10.1. The highest BCUT2D eigenvalue weighted by molar-refractivity contribution is 5.78. The quantitative estimate of drug-likeness (QED) is 0.817. The number of fused-ring (bicyclic) bond motifs is 1. The fourth-order valence-electron chi connectivity index (χ4n) is 2.24. The molecule has 0 aliphatic carbocycles. The summed E-state index contributed by atoms with van der Waals surface area (Å²) >= 11 is 0. The van der Waals surface area contributed by atoms with Gasteiger partial charge in [-0.25, -0.2) is 0 Å². The highest BCUT2D eigenvalue weighted by atomic mass is 16.5. The van der Waals surface area contributed by atoms with Gasteiger partial charge in [0.1, 0.15) is 23.2 Å².